The topological polar surface area (TPSA) is 61.4 Å². The van der Waals surface area contributed by atoms with Gasteiger partial charge in [-0.05, 0) is 61.9 Å². The Labute approximate surface area is 184 Å². The van der Waals surface area contributed by atoms with Crippen molar-refractivity contribution in [3.05, 3.63) is 76.8 Å². The van der Waals surface area contributed by atoms with Crippen LogP contribution in [-0.4, -0.2) is 18.5 Å². The summed E-state index contributed by atoms with van der Waals surface area (Å²) in [4.78, 5) is 29.2. The molecule has 30 heavy (non-hydrogen) atoms. The molecule has 0 radical (unpaired) electrons. The minimum Gasteiger partial charge on any atom is -0.308 e. The van der Waals surface area contributed by atoms with E-state index in [4.69, 9.17) is 11.6 Å². The van der Waals surface area contributed by atoms with E-state index in [0.29, 0.717) is 28.5 Å². The molecule has 3 amide bonds. The second kappa shape index (κ2) is 8.42. The molecule has 3 aromatic rings. The van der Waals surface area contributed by atoms with Gasteiger partial charge in [-0.25, -0.2) is 4.79 Å². The number of carbonyl (C=O) groups excluding carboxylic acids is 2. The molecule has 0 atom stereocenters. The van der Waals surface area contributed by atoms with Gasteiger partial charge in [-0.3, -0.25) is 4.79 Å². The summed E-state index contributed by atoms with van der Waals surface area (Å²) in [6, 6.07) is 18.2. The zero-order valence-electron chi connectivity index (χ0n) is 16.5. The normalized spacial score (nSPS) is 12.6. The van der Waals surface area contributed by atoms with E-state index in [2.05, 4.69) is 10.6 Å². The van der Waals surface area contributed by atoms with Crippen molar-refractivity contribution in [1.82, 2.24) is 0 Å². The Morgan fingerprint density at radius 3 is 2.63 bits per heavy atom. The number of urea groups is 1. The van der Waals surface area contributed by atoms with Crippen molar-refractivity contribution in [1.29, 1.82) is 0 Å². The molecule has 7 heteroatoms. The Morgan fingerprint density at radius 1 is 1.03 bits per heavy atom. The zero-order valence-corrected chi connectivity index (χ0v) is 18.1. The smallest absolute Gasteiger partial charge is 0.308 e. The molecule has 0 fully saturated rings. The quantitative estimate of drug-likeness (QED) is 0.496. The van der Waals surface area contributed by atoms with E-state index in [9.17, 15) is 9.59 Å². The van der Waals surface area contributed by atoms with Crippen molar-refractivity contribution in [3.63, 3.8) is 0 Å². The van der Waals surface area contributed by atoms with E-state index in [1.54, 1.807) is 28.8 Å². The molecule has 0 bridgehead atoms. The lowest BCUT2D eigenvalue weighted by Gasteiger charge is -2.22. The number of carbonyl (C=O) groups is 2. The SMILES string of the molecule is CCN1C(=O)c2ccccc2Sc2ccc(NC(=O)Nc3cc(Cl)ccc3C)cc21. The van der Waals surface area contributed by atoms with Gasteiger partial charge in [0, 0.05) is 32.7 Å². The van der Waals surface area contributed by atoms with Crippen molar-refractivity contribution in [2.75, 3.05) is 22.1 Å². The van der Waals surface area contributed by atoms with Gasteiger partial charge < -0.3 is 15.5 Å². The summed E-state index contributed by atoms with van der Waals surface area (Å²) >= 11 is 7.58. The second-order valence-corrected chi connectivity index (χ2v) is 8.39. The molecule has 0 saturated carbocycles. The van der Waals surface area contributed by atoms with Crippen molar-refractivity contribution < 1.29 is 9.59 Å². The molecule has 4 rings (SSSR count). The summed E-state index contributed by atoms with van der Waals surface area (Å²) in [7, 11) is 0. The van der Waals surface area contributed by atoms with Gasteiger partial charge in [0.25, 0.3) is 5.91 Å². The summed E-state index contributed by atoms with van der Waals surface area (Å²) in [6.45, 7) is 4.36. The fourth-order valence-corrected chi connectivity index (χ4v) is 4.56. The highest BCUT2D eigenvalue weighted by Gasteiger charge is 2.26. The van der Waals surface area contributed by atoms with Crippen LogP contribution in [0.1, 0.15) is 22.8 Å². The Kier molecular flexibility index (Phi) is 5.70. The van der Waals surface area contributed by atoms with Crippen LogP contribution in [0.15, 0.2) is 70.5 Å². The molecule has 152 valence electrons. The summed E-state index contributed by atoms with van der Waals surface area (Å²) in [6.07, 6.45) is 0. The number of fused-ring (bicyclic) bond motifs is 2. The molecule has 1 aliphatic rings. The molecule has 1 aliphatic heterocycles. The predicted molar refractivity (Wildman–Crippen MR) is 123 cm³/mol. The molecule has 0 spiro atoms. The number of anilines is 3. The standard InChI is InChI=1S/C23H20ClN3O2S/c1-3-27-19-13-16(25-23(29)26-18-12-15(24)9-8-14(18)2)10-11-21(19)30-20-7-5-4-6-17(20)22(27)28/h4-13H,3H2,1-2H3,(H2,25,26,29). The van der Waals surface area contributed by atoms with Crippen molar-refractivity contribution in [2.45, 2.75) is 23.6 Å². The maximum absolute atomic E-state index is 13.1. The predicted octanol–water partition coefficient (Wildman–Crippen LogP) is 6.42. The van der Waals surface area contributed by atoms with Crippen LogP contribution in [0.25, 0.3) is 0 Å². The Balaban J connectivity index is 1.61. The number of halogens is 1. The molecule has 3 aromatic carbocycles. The van der Waals surface area contributed by atoms with Crippen LogP contribution in [0.3, 0.4) is 0 Å². The summed E-state index contributed by atoms with van der Waals surface area (Å²) in [5, 5.41) is 6.22. The monoisotopic (exact) mass is 437 g/mol. The van der Waals surface area contributed by atoms with Crippen LogP contribution in [-0.2, 0) is 0 Å². The Bertz CT molecular complexity index is 1150. The number of hydrogen-bond donors (Lipinski definition) is 2. The lowest BCUT2D eigenvalue weighted by molar-refractivity contribution is 0.0985. The number of hydrogen-bond acceptors (Lipinski definition) is 3. The van der Waals surface area contributed by atoms with Gasteiger partial charge in [-0.2, -0.15) is 0 Å². The molecule has 2 N–H and O–H groups in total. The van der Waals surface area contributed by atoms with Crippen LogP contribution in [0.5, 0.6) is 0 Å². The highest BCUT2D eigenvalue weighted by molar-refractivity contribution is 7.99. The van der Waals surface area contributed by atoms with Gasteiger partial charge >= 0.3 is 6.03 Å². The summed E-state index contributed by atoms with van der Waals surface area (Å²) < 4.78 is 0. The van der Waals surface area contributed by atoms with Crippen LogP contribution in [0.4, 0.5) is 21.9 Å². The summed E-state index contributed by atoms with van der Waals surface area (Å²) in [5.41, 5.74) is 3.62. The fraction of sp³-hybridized carbons (Fsp3) is 0.130. The number of rotatable bonds is 3. The first-order valence-electron chi connectivity index (χ1n) is 9.53. The van der Waals surface area contributed by atoms with E-state index in [-0.39, 0.29) is 11.9 Å². The number of aryl methyl sites for hydroxylation is 1. The highest BCUT2D eigenvalue weighted by Crippen LogP contribution is 2.42. The molecule has 0 unspecified atom stereocenters. The Hall–Kier alpha value is -2.96. The third-order valence-electron chi connectivity index (χ3n) is 4.85. The molecular weight excluding hydrogens is 418 g/mol. The van der Waals surface area contributed by atoms with E-state index in [1.165, 1.54) is 0 Å². The number of nitrogens with zero attached hydrogens (tertiary/aromatic N) is 1. The molecule has 0 aromatic heterocycles. The lowest BCUT2D eigenvalue weighted by atomic mass is 10.1. The molecular formula is C23H20ClN3O2S. The average Bonchev–Trinajstić information content (AvgIpc) is 2.84. The van der Waals surface area contributed by atoms with Gasteiger partial charge in [0.1, 0.15) is 0 Å². The third-order valence-corrected chi connectivity index (χ3v) is 6.23. The van der Waals surface area contributed by atoms with Gasteiger partial charge in [-0.15, -0.1) is 0 Å². The van der Waals surface area contributed by atoms with Crippen LogP contribution < -0.4 is 15.5 Å². The molecule has 0 aliphatic carbocycles. The number of amides is 3. The van der Waals surface area contributed by atoms with E-state index in [0.717, 1.165) is 21.0 Å². The van der Waals surface area contributed by atoms with Crippen LogP contribution in [0, 0.1) is 6.92 Å². The van der Waals surface area contributed by atoms with E-state index in [1.807, 2.05) is 62.4 Å². The largest absolute Gasteiger partial charge is 0.323 e. The average molecular weight is 438 g/mol. The first kappa shape index (κ1) is 20.3. The second-order valence-electron chi connectivity index (χ2n) is 6.87. The van der Waals surface area contributed by atoms with Gasteiger partial charge in [0.15, 0.2) is 0 Å². The van der Waals surface area contributed by atoms with Crippen molar-refractivity contribution >= 4 is 52.4 Å². The summed E-state index contributed by atoms with van der Waals surface area (Å²) in [5.74, 6) is -0.0458. The fourth-order valence-electron chi connectivity index (χ4n) is 3.33. The lowest BCUT2D eigenvalue weighted by Crippen LogP contribution is -2.30. The van der Waals surface area contributed by atoms with Gasteiger partial charge in [0.2, 0.25) is 0 Å². The highest BCUT2D eigenvalue weighted by atomic mass is 35.5. The maximum Gasteiger partial charge on any atom is 0.323 e. The Morgan fingerprint density at radius 2 is 1.83 bits per heavy atom. The van der Waals surface area contributed by atoms with Crippen molar-refractivity contribution in [2.24, 2.45) is 0 Å². The third kappa shape index (κ3) is 4.01. The number of nitrogens with one attached hydrogen (secondary N) is 2. The minimum atomic E-state index is -0.376. The van der Waals surface area contributed by atoms with Gasteiger partial charge in [-0.1, -0.05) is 41.6 Å². The van der Waals surface area contributed by atoms with Gasteiger partial charge in [0.05, 0.1) is 11.3 Å². The minimum absolute atomic E-state index is 0.0458. The molecule has 0 saturated heterocycles. The van der Waals surface area contributed by atoms with Crippen LogP contribution >= 0.6 is 23.4 Å². The van der Waals surface area contributed by atoms with E-state index >= 15 is 0 Å². The first-order valence-corrected chi connectivity index (χ1v) is 10.7. The van der Waals surface area contributed by atoms with Crippen LogP contribution in [0.2, 0.25) is 5.02 Å². The maximum atomic E-state index is 13.1. The number of benzene rings is 3. The zero-order chi connectivity index (χ0) is 21.3. The van der Waals surface area contributed by atoms with Crippen molar-refractivity contribution in [3.8, 4) is 0 Å². The first-order chi connectivity index (χ1) is 14.5. The molecule has 5 nitrogen and oxygen atoms in total. The van der Waals surface area contributed by atoms with E-state index < -0.39 is 0 Å². The molecule has 1 heterocycles.